The molecule has 0 saturated carbocycles. The van der Waals surface area contributed by atoms with E-state index in [0.29, 0.717) is 17.9 Å². The number of aromatic nitrogens is 2. The Morgan fingerprint density at radius 2 is 2.00 bits per heavy atom. The van der Waals surface area contributed by atoms with Crippen LogP contribution in [-0.2, 0) is 6.54 Å². The summed E-state index contributed by atoms with van der Waals surface area (Å²) in [5, 5.41) is 2.79. The number of hydrazine groups is 1. The van der Waals surface area contributed by atoms with Crippen molar-refractivity contribution >= 4 is 11.7 Å². The van der Waals surface area contributed by atoms with Crippen molar-refractivity contribution in [1.29, 1.82) is 0 Å². The van der Waals surface area contributed by atoms with E-state index in [1.54, 1.807) is 24.5 Å². The van der Waals surface area contributed by atoms with Gasteiger partial charge < -0.3 is 10.7 Å². The highest BCUT2D eigenvalue weighted by Gasteiger charge is 2.11. The molecule has 6 nitrogen and oxygen atoms in total. The predicted molar refractivity (Wildman–Crippen MR) is 72.2 cm³/mol. The Labute approximate surface area is 111 Å². The van der Waals surface area contributed by atoms with Crippen molar-refractivity contribution in [2.75, 3.05) is 5.43 Å². The molecule has 2 aromatic heterocycles. The number of hydrogen-bond acceptors (Lipinski definition) is 5. The van der Waals surface area contributed by atoms with Gasteiger partial charge in [0.05, 0.1) is 17.8 Å². The van der Waals surface area contributed by atoms with E-state index in [1.165, 1.54) is 0 Å². The number of rotatable bonds is 4. The number of nitrogens with zero attached hydrogens (tertiary/aromatic N) is 2. The van der Waals surface area contributed by atoms with Crippen molar-refractivity contribution in [2.45, 2.75) is 13.5 Å². The molecule has 0 unspecified atom stereocenters. The summed E-state index contributed by atoms with van der Waals surface area (Å²) in [4.78, 5) is 20.2. The number of carbonyl (C=O) groups is 1. The van der Waals surface area contributed by atoms with Crippen molar-refractivity contribution in [3.8, 4) is 0 Å². The first kappa shape index (κ1) is 13.0. The molecule has 98 valence electrons. The molecule has 0 aromatic carbocycles. The van der Waals surface area contributed by atoms with Gasteiger partial charge in [-0.2, -0.15) is 0 Å². The lowest BCUT2D eigenvalue weighted by Gasteiger charge is -2.09. The number of anilines is 1. The number of amides is 1. The molecule has 2 rings (SSSR count). The molecule has 6 heteroatoms. The van der Waals surface area contributed by atoms with Crippen LogP contribution < -0.4 is 16.6 Å². The summed E-state index contributed by atoms with van der Waals surface area (Å²) in [5.41, 5.74) is 4.67. The number of nitrogen functional groups attached to an aromatic ring is 1. The highest BCUT2D eigenvalue weighted by atomic mass is 16.1. The van der Waals surface area contributed by atoms with Gasteiger partial charge in [0.15, 0.2) is 5.82 Å². The lowest BCUT2D eigenvalue weighted by molar-refractivity contribution is 0.0951. The SMILES string of the molecule is Cc1cccnc1CNC(=O)c1cccnc1NN. The first-order chi connectivity index (χ1) is 9.22. The van der Waals surface area contributed by atoms with Gasteiger partial charge in [0.1, 0.15) is 0 Å². The minimum atomic E-state index is -0.244. The van der Waals surface area contributed by atoms with E-state index in [9.17, 15) is 4.79 Å². The fourth-order valence-electron chi connectivity index (χ4n) is 1.67. The summed E-state index contributed by atoms with van der Waals surface area (Å²) in [6, 6.07) is 7.15. The largest absolute Gasteiger partial charge is 0.346 e. The summed E-state index contributed by atoms with van der Waals surface area (Å²) >= 11 is 0. The average Bonchev–Trinajstić information content (AvgIpc) is 2.46. The van der Waals surface area contributed by atoms with E-state index in [4.69, 9.17) is 5.84 Å². The van der Waals surface area contributed by atoms with Crippen LogP contribution >= 0.6 is 0 Å². The van der Waals surface area contributed by atoms with Crippen LogP contribution in [0.5, 0.6) is 0 Å². The number of nitrogens with two attached hydrogens (primary N) is 1. The van der Waals surface area contributed by atoms with Crippen molar-refractivity contribution in [3.63, 3.8) is 0 Å². The molecule has 2 aromatic rings. The van der Waals surface area contributed by atoms with Gasteiger partial charge in [0, 0.05) is 12.4 Å². The topological polar surface area (TPSA) is 92.9 Å². The van der Waals surface area contributed by atoms with Gasteiger partial charge in [-0.25, -0.2) is 10.8 Å². The first-order valence-electron chi connectivity index (χ1n) is 5.82. The monoisotopic (exact) mass is 257 g/mol. The Morgan fingerprint density at radius 1 is 1.26 bits per heavy atom. The Kier molecular flexibility index (Phi) is 4.04. The maximum Gasteiger partial charge on any atom is 0.255 e. The number of carbonyl (C=O) groups excluding carboxylic acids is 1. The van der Waals surface area contributed by atoms with Gasteiger partial charge in [0.2, 0.25) is 0 Å². The van der Waals surface area contributed by atoms with Gasteiger partial charge in [0.25, 0.3) is 5.91 Å². The van der Waals surface area contributed by atoms with Crippen LogP contribution in [0.3, 0.4) is 0 Å². The standard InChI is InChI=1S/C13H15N5O/c1-9-4-2-6-15-11(9)8-17-13(19)10-5-3-7-16-12(10)18-14/h2-7H,8,14H2,1H3,(H,16,18)(H,17,19). The summed E-state index contributed by atoms with van der Waals surface area (Å²) in [7, 11) is 0. The average molecular weight is 257 g/mol. The molecule has 19 heavy (non-hydrogen) atoms. The fourth-order valence-corrected chi connectivity index (χ4v) is 1.67. The van der Waals surface area contributed by atoms with Crippen molar-refractivity contribution < 1.29 is 4.79 Å². The Hall–Kier alpha value is -2.47. The number of pyridine rings is 2. The molecule has 0 spiro atoms. The Balaban J connectivity index is 2.08. The smallest absolute Gasteiger partial charge is 0.255 e. The van der Waals surface area contributed by atoms with Crippen LogP contribution in [0.15, 0.2) is 36.7 Å². The molecule has 0 atom stereocenters. The predicted octanol–water partition coefficient (Wildman–Crippen LogP) is 1.00. The van der Waals surface area contributed by atoms with Crippen LogP contribution in [0.4, 0.5) is 5.82 Å². The molecule has 0 radical (unpaired) electrons. The number of nitrogens with one attached hydrogen (secondary N) is 2. The summed E-state index contributed by atoms with van der Waals surface area (Å²) in [5.74, 6) is 5.42. The molecule has 2 heterocycles. The quantitative estimate of drug-likeness (QED) is 0.561. The molecule has 0 saturated heterocycles. The lowest BCUT2D eigenvalue weighted by atomic mass is 10.2. The highest BCUT2D eigenvalue weighted by Crippen LogP contribution is 2.10. The molecular weight excluding hydrogens is 242 g/mol. The van der Waals surface area contributed by atoms with Gasteiger partial charge >= 0.3 is 0 Å². The van der Waals surface area contributed by atoms with Crippen LogP contribution in [-0.4, -0.2) is 15.9 Å². The lowest BCUT2D eigenvalue weighted by Crippen LogP contribution is -2.26. The maximum absolute atomic E-state index is 12.0. The van der Waals surface area contributed by atoms with Crippen LogP contribution in [0.25, 0.3) is 0 Å². The maximum atomic E-state index is 12.0. The second-order valence-corrected chi connectivity index (χ2v) is 3.99. The number of aryl methyl sites for hydroxylation is 1. The van der Waals surface area contributed by atoms with Gasteiger partial charge in [-0.1, -0.05) is 6.07 Å². The Bertz CT molecular complexity index is 585. The van der Waals surface area contributed by atoms with E-state index in [-0.39, 0.29) is 5.91 Å². The van der Waals surface area contributed by atoms with E-state index in [2.05, 4.69) is 20.7 Å². The van der Waals surface area contributed by atoms with E-state index in [0.717, 1.165) is 11.3 Å². The summed E-state index contributed by atoms with van der Waals surface area (Å²) in [6.45, 7) is 2.32. The van der Waals surface area contributed by atoms with Crippen molar-refractivity contribution in [2.24, 2.45) is 5.84 Å². The first-order valence-corrected chi connectivity index (χ1v) is 5.82. The molecule has 0 aliphatic rings. The molecule has 0 fully saturated rings. The zero-order chi connectivity index (χ0) is 13.7. The molecular formula is C13H15N5O. The minimum Gasteiger partial charge on any atom is -0.346 e. The van der Waals surface area contributed by atoms with Crippen molar-refractivity contribution in [3.05, 3.63) is 53.5 Å². The third kappa shape index (κ3) is 3.05. The minimum absolute atomic E-state index is 0.244. The molecule has 1 amide bonds. The zero-order valence-corrected chi connectivity index (χ0v) is 10.6. The zero-order valence-electron chi connectivity index (χ0n) is 10.6. The second kappa shape index (κ2) is 5.92. The van der Waals surface area contributed by atoms with E-state index >= 15 is 0 Å². The third-order valence-electron chi connectivity index (χ3n) is 2.72. The van der Waals surface area contributed by atoms with Gasteiger partial charge in [-0.15, -0.1) is 0 Å². The Morgan fingerprint density at radius 3 is 2.74 bits per heavy atom. The summed E-state index contributed by atoms with van der Waals surface area (Å²) in [6.07, 6.45) is 3.26. The third-order valence-corrected chi connectivity index (χ3v) is 2.72. The van der Waals surface area contributed by atoms with Crippen LogP contribution in [0.1, 0.15) is 21.6 Å². The molecule has 0 aliphatic heterocycles. The van der Waals surface area contributed by atoms with Crippen molar-refractivity contribution in [1.82, 2.24) is 15.3 Å². The summed E-state index contributed by atoms with van der Waals surface area (Å²) < 4.78 is 0. The molecule has 4 N–H and O–H groups in total. The normalized spacial score (nSPS) is 10.0. The highest BCUT2D eigenvalue weighted by molar-refractivity contribution is 5.98. The molecule has 0 bridgehead atoms. The fraction of sp³-hybridized carbons (Fsp3) is 0.154. The van der Waals surface area contributed by atoms with Gasteiger partial charge in [-0.3, -0.25) is 9.78 Å². The van der Waals surface area contributed by atoms with E-state index in [1.807, 2.05) is 19.1 Å². The van der Waals surface area contributed by atoms with Crippen LogP contribution in [0.2, 0.25) is 0 Å². The van der Waals surface area contributed by atoms with E-state index < -0.39 is 0 Å². The number of hydrogen-bond donors (Lipinski definition) is 3. The second-order valence-electron chi connectivity index (χ2n) is 3.99. The molecule has 0 aliphatic carbocycles. The van der Waals surface area contributed by atoms with Crippen LogP contribution in [0, 0.1) is 6.92 Å². The van der Waals surface area contributed by atoms with Gasteiger partial charge in [-0.05, 0) is 30.7 Å².